The highest BCUT2D eigenvalue weighted by atomic mass is 35.5. The van der Waals surface area contributed by atoms with Crippen LogP contribution in [0, 0.1) is 0 Å². The molecule has 0 fully saturated rings. The zero-order chi connectivity index (χ0) is 14.5. The summed E-state index contributed by atoms with van der Waals surface area (Å²) in [6, 6.07) is 5.23. The Morgan fingerprint density at radius 1 is 1.21 bits per heavy atom. The molecule has 5 heteroatoms. The maximum atomic E-state index is 5.97. The van der Waals surface area contributed by atoms with Crippen molar-refractivity contribution >= 4 is 23.2 Å². The summed E-state index contributed by atoms with van der Waals surface area (Å²) in [7, 11) is 1.66. The number of ether oxygens (including phenoxy) is 2. The summed E-state index contributed by atoms with van der Waals surface area (Å²) in [5.74, 6) is 0.687. The lowest BCUT2D eigenvalue weighted by Crippen LogP contribution is -2.44. The van der Waals surface area contributed by atoms with Crippen molar-refractivity contribution in [1.29, 1.82) is 0 Å². The fourth-order valence-electron chi connectivity index (χ4n) is 1.48. The average molecular weight is 306 g/mol. The maximum Gasteiger partial charge on any atom is 0.134 e. The lowest BCUT2D eigenvalue weighted by molar-refractivity contribution is 0.0765. The van der Waals surface area contributed by atoms with Gasteiger partial charge in [0, 0.05) is 25.3 Å². The number of rotatable bonds is 6. The quantitative estimate of drug-likeness (QED) is 0.867. The predicted molar refractivity (Wildman–Crippen MR) is 80.5 cm³/mol. The minimum absolute atomic E-state index is 0.0347. The van der Waals surface area contributed by atoms with Crippen LogP contribution in [-0.4, -0.2) is 31.9 Å². The highest BCUT2D eigenvalue weighted by Gasteiger charge is 2.16. The van der Waals surface area contributed by atoms with Crippen molar-refractivity contribution in [3.8, 4) is 5.75 Å². The molecule has 108 valence electrons. The Bertz CT molecular complexity index is 405. The van der Waals surface area contributed by atoms with Gasteiger partial charge in [0.05, 0.1) is 16.7 Å². The van der Waals surface area contributed by atoms with E-state index in [-0.39, 0.29) is 11.6 Å². The Hall–Kier alpha value is -0.480. The second kappa shape index (κ2) is 7.34. The summed E-state index contributed by atoms with van der Waals surface area (Å²) >= 11 is 11.8. The predicted octanol–water partition coefficient (Wildman–Crippen LogP) is 3.78. The highest BCUT2D eigenvalue weighted by molar-refractivity contribution is 6.42. The summed E-state index contributed by atoms with van der Waals surface area (Å²) in [4.78, 5) is 0. The van der Waals surface area contributed by atoms with Crippen LogP contribution in [0.2, 0.25) is 10.0 Å². The smallest absolute Gasteiger partial charge is 0.134 e. The van der Waals surface area contributed by atoms with Crippen molar-refractivity contribution in [1.82, 2.24) is 5.32 Å². The SMILES string of the molecule is COCC(CNC(C)(C)C)Oc1ccc(Cl)c(Cl)c1. The van der Waals surface area contributed by atoms with Crippen LogP contribution in [0.15, 0.2) is 18.2 Å². The second-order valence-electron chi connectivity index (χ2n) is 5.40. The highest BCUT2D eigenvalue weighted by Crippen LogP contribution is 2.26. The average Bonchev–Trinajstić information content (AvgIpc) is 2.30. The van der Waals surface area contributed by atoms with Crippen LogP contribution < -0.4 is 10.1 Å². The number of halogens is 2. The number of benzene rings is 1. The minimum atomic E-state index is -0.0820. The van der Waals surface area contributed by atoms with Gasteiger partial charge < -0.3 is 14.8 Å². The number of hydrogen-bond acceptors (Lipinski definition) is 3. The third kappa shape index (κ3) is 6.48. The first-order chi connectivity index (χ1) is 8.81. The molecule has 1 atom stereocenters. The fraction of sp³-hybridized carbons (Fsp3) is 0.571. The van der Waals surface area contributed by atoms with Gasteiger partial charge in [-0.05, 0) is 32.9 Å². The number of methoxy groups -OCH3 is 1. The van der Waals surface area contributed by atoms with Crippen molar-refractivity contribution in [3.05, 3.63) is 28.2 Å². The van der Waals surface area contributed by atoms with Crippen molar-refractivity contribution in [2.24, 2.45) is 0 Å². The molecular weight excluding hydrogens is 285 g/mol. The largest absolute Gasteiger partial charge is 0.487 e. The Kier molecular flexibility index (Phi) is 6.40. The van der Waals surface area contributed by atoms with Gasteiger partial charge in [-0.15, -0.1) is 0 Å². The Balaban J connectivity index is 2.64. The van der Waals surface area contributed by atoms with Gasteiger partial charge in [-0.3, -0.25) is 0 Å². The molecule has 0 bridgehead atoms. The van der Waals surface area contributed by atoms with Gasteiger partial charge in [0.1, 0.15) is 11.9 Å². The third-order valence-corrected chi connectivity index (χ3v) is 3.15. The van der Waals surface area contributed by atoms with Gasteiger partial charge in [-0.2, -0.15) is 0 Å². The van der Waals surface area contributed by atoms with Gasteiger partial charge >= 0.3 is 0 Å². The lowest BCUT2D eigenvalue weighted by atomic mass is 10.1. The first-order valence-corrected chi connectivity index (χ1v) is 6.93. The molecule has 3 nitrogen and oxygen atoms in total. The second-order valence-corrected chi connectivity index (χ2v) is 6.22. The van der Waals surface area contributed by atoms with E-state index in [1.54, 1.807) is 25.3 Å². The van der Waals surface area contributed by atoms with Crippen molar-refractivity contribution in [2.45, 2.75) is 32.4 Å². The van der Waals surface area contributed by atoms with E-state index in [9.17, 15) is 0 Å². The number of hydrogen-bond donors (Lipinski definition) is 1. The van der Waals surface area contributed by atoms with E-state index in [0.717, 1.165) is 0 Å². The zero-order valence-corrected chi connectivity index (χ0v) is 13.3. The normalized spacial score (nSPS) is 13.4. The molecule has 0 spiro atoms. The maximum absolute atomic E-state index is 5.97. The Morgan fingerprint density at radius 3 is 2.42 bits per heavy atom. The van der Waals surface area contributed by atoms with Gasteiger partial charge in [-0.1, -0.05) is 23.2 Å². The molecule has 0 aliphatic rings. The molecule has 1 unspecified atom stereocenters. The molecule has 0 aliphatic carbocycles. The van der Waals surface area contributed by atoms with E-state index in [2.05, 4.69) is 26.1 Å². The van der Waals surface area contributed by atoms with Crippen LogP contribution >= 0.6 is 23.2 Å². The molecule has 0 aliphatic heterocycles. The molecule has 1 N–H and O–H groups in total. The van der Waals surface area contributed by atoms with Crippen LogP contribution in [0.5, 0.6) is 5.75 Å². The standard InChI is InChI=1S/C14H21Cl2NO2/c1-14(2,3)17-8-11(9-18-4)19-10-5-6-12(15)13(16)7-10/h5-7,11,17H,8-9H2,1-4H3. The first kappa shape index (κ1) is 16.6. The van der Waals surface area contributed by atoms with Crippen LogP contribution in [-0.2, 0) is 4.74 Å². The van der Waals surface area contributed by atoms with Gasteiger partial charge in [0.15, 0.2) is 0 Å². The fourth-order valence-corrected chi connectivity index (χ4v) is 1.77. The summed E-state index contributed by atoms with van der Waals surface area (Å²) < 4.78 is 11.0. The van der Waals surface area contributed by atoms with E-state index in [1.807, 2.05) is 0 Å². The van der Waals surface area contributed by atoms with E-state index >= 15 is 0 Å². The summed E-state index contributed by atoms with van der Waals surface area (Å²) in [5.41, 5.74) is 0.0347. The summed E-state index contributed by atoms with van der Waals surface area (Å²) in [5, 5.41) is 4.39. The Morgan fingerprint density at radius 2 is 1.89 bits per heavy atom. The first-order valence-electron chi connectivity index (χ1n) is 6.17. The van der Waals surface area contributed by atoms with Crippen molar-refractivity contribution in [3.63, 3.8) is 0 Å². The Labute approximate surface area is 125 Å². The van der Waals surface area contributed by atoms with Gasteiger partial charge in [-0.25, -0.2) is 0 Å². The van der Waals surface area contributed by atoms with E-state index < -0.39 is 0 Å². The zero-order valence-electron chi connectivity index (χ0n) is 11.8. The number of nitrogens with one attached hydrogen (secondary N) is 1. The summed E-state index contributed by atoms with van der Waals surface area (Å²) in [6.45, 7) is 7.52. The molecule has 0 radical (unpaired) electrons. The van der Waals surface area contributed by atoms with Crippen molar-refractivity contribution < 1.29 is 9.47 Å². The molecule has 19 heavy (non-hydrogen) atoms. The van der Waals surface area contributed by atoms with E-state index in [1.165, 1.54) is 0 Å². The molecule has 0 heterocycles. The molecule has 0 saturated heterocycles. The van der Waals surface area contributed by atoms with Crippen LogP contribution in [0.1, 0.15) is 20.8 Å². The molecular formula is C14H21Cl2NO2. The monoisotopic (exact) mass is 305 g/mol. The topological polar surface area (TPSA) is 30.5 Å². The van der Waals surface area contributed by atoms with Crippen molar-refractivity contribution in [2.75, 3.05) is 20.3 Å². The molecule has 0 amide bonds. The van der Waals surface area contributed by atoms with E-state index in [0.29, 0.717) is 28.9 Å². The van der Waals surface area contributed by atoms with Gasteiger partial charge in [0.2, 0.25) is 0 Å². The van der Waals surface area contributed by atoms with E-state index in [4.69, 9.17) is 32.7 Å². The minimum Gasteiger partial charge on any atom is -0.487 e. The molecule has 1 rings (SSSR count). The van der Waals surface area contributed by atoms with Crippen LogP contribution in [0.4, 0.5) is 0 Å². The molecule has 0 saturated carbocycles. The van der Waals surface area contributed by atoms with Crippen LogP contribution in [0.3, 0.4) is 0 Å². The van der Waals surface area contributed by atoms with Crippen LogP contribution in [0.25, 0.3) is 0 Å². The summed E-state index contributed by atoms with van der Waals surface area (Å²) in [6.07, 6.45) is -0.0820. The van der Waals surface area contributed by atoms with Gasteiger partial charge in [0.25, 0.3) is 0 Å². The molecule has 1 aromatic carbocycles. The lowest BCUT2D eigenvalue weighted by Gasteiger charge is -2.25. The molecule has 1 aromatic rings. The third-order valence-electron chi connectivity index (χ3n) is 2.41. The molecule has 0 aromatic heterocycles.